The standard InChI is InChI=1S/3C3H9S.CHO3/c3*1-4(2)3;2-1(3)4/h3*1-3H3;1H/q3*+1;-3. The monoisotopic (exact) mass is 292 g/mol. The Labute approximate surface area is 111 Å². The molecular weight excluding hydrogens is 264 g/mol. The first-order valence-electron chi connectivity index (χ1n) is 4.38. The van der Waals surface area contributed by atoms with E-state index in [9.17, 15) is 0 Å². The molecule has 0 aromatic rings. The van der Waals surface area contributed by atoms with Crippen LogP contribution in [0.25, 0.3) is 0 Å². The normalized spacial score (nSPS) is 9.00. The molecule has 0 saturated heterocycles. The molecule has 0 rings (SSSR count). The summed E-state index contributed by atoms with van der Waals surface area (Å²) in [6, 6.07) is 0. The van der Waals surface area contributed by atoms with E-state index in [1.54, 1.807) is 0 Å². The van der Waals surface area contributed by atoms with E-state index in [1.807, 2.05) is 0 Å². The fraction of sp³-hybridized carbons (Fsp3) is 1.00. The van der Waals surface area contributed by atoms with Gasteiger partial charge in [0.15, 0.2) is 0 Å². The molecule has 0 aliphatic rings. The van der Waals surface area contributed by atoms with Gasteiger partial charge in [0.2, 0.25) is 0 Å². The molecule has 0 fully saturated rings. The average Bonchev–Trinajstić information content (AvgIpc) is 1.76. The van der Waals surface area contributed by atoms with Crippen LogP contribution >= 0.6 is 0 Å². The van der Waals surface area contributed by atoms with Gasteiger partial charge >= 0.3 is 0 Å². The molecule has 104 valence electrons. The summed E-state index contributed by atoms with van der Waals surface area (Å²) < 4.78 is 0. The number of rotatable bonds is 0. The molecule has 0 atom stereocenters. The van der Waals surface area contributed by atoms with Crippen molar-refractivity contribution in [1.29, 1.82) is 0 Å². The minimum absolute atomic E-state index is 0.639. The van der Waals surface area contributed by atoms with E-state index in [0.29, 0.717) is 32.7 Å². The number of hydrogen-bond donors (Lipinski definition) is 0. The zero-order valence-electron chi connectivity index (χ0n) is 12.0. The second-order valence-corrected chi connectivity index (χ2v) is 11.3. The molecular formula is C10H28O3S3. The Bertz CT molecular complexity index is 64.3. The highest BCUT2D eigenvalue weighted by Crippen LogP contribution is 1.64. The van der Waals surface area contributed by atoms with Crippen LogP contribution in [0.4, 0.5) is 0 Å². The molecule has 0 aromatic heterocycles. The van der Waals surface area contributed by atoms with Crippen LogP contribution in [-0.4, -0.2) is 62.8 Å². The maximum absolute atomic E-state index is 8.42. The second-order valence-electron chi connectivity index (χ2n) is 3.96. The zero-order valence-corrected chi connectivity index (χ0v) is 14.5. The minimum Gasteiger partial charge on any atom is -0.879 e. The van der Waals surface area contributed by atoms with Crippen LogP contribution < -0.4 is 15.3 Å². The lowest BCUT2D eigenvalue weighted by atomic mass is 11.4. The molecule has 0 aliphatic heterocycles. The van der Waals surface area contributed by atoms with Crippen LogP contribution in [-0.2, 0) is 32.7 Å². The third-order valence-corrected chi connectivity index (χ3v) is 0. The van der Waals surface area contributed by atoms with Gasteiger partial charge in [-0.25, -0.2) is 0 Å². The Morgan fingerprint density at radius 2 is 0.500 bits per heavy atom. The van der Waals surface area contributed by atoms with Crippen molar-refractivity contribution in [3.8, 4) is 0 Å². The fourth-order valence-electron chi connectivity index (χ4n) is 0. The van der Waals surface area contributed by atoms with Gasteiger partial charge in [0.05, 0.1) is 56.3 Å². The largest absolute Gasteiger partial charge is 0.879 e. The van der Waals surface area contributed by atoms with Gasteiger partial charge in [-0.3, -0.25) is 0 Å². The topological polar surface area (TPSA) is 69.2 Å². The van der Waals surface area contributed by atoms with Crippen molar-refractivity contribution in [2.75, 3.05) is 56.3 Å². The molecule has 6 heteroatoms. The Hall–Kier alpha value is 0.930. The summed E-state index contributed by atoms with van der Waals surface area (Å²) in [6.07, 6.45) is 19.8. The molecule has 0 aliphatic carbocycles. The number of hydrogen-bond acceptors (Lipinski definition) is 3. The van der Waals surface area contributed by atoms with Gasteiger partial charge in [-0.1, -0.05) is 0 Å². The van der Waals surface area contributed by atoms with Crippen molar-refractivity contribution >= 4 is 32.7 Å². The van der Waals surface area contributed by atoms with E-state index in [4.69, 9.17) is 15.3 Å². The van der Waals surface area contributed by atoms with Gasteiger partial charge < -0.3 is 21.8 Å². The minimum atomic E-state index is -2.92. The van der Waals surface area contributed by atoms with E-state index < -0.39 is 6.48 Å². The fourth-order valence-corrected chi connectivity index (χ4v) is 0. The second kappa shape index (κ2) is 21.2. The van der Waals surface area contributed by atoms with Crippen LogP contribution in [0.5, 0.6) is 0 Å². The lowest BCUT2D eigenvalue weighted by molar-refractivity contribution is -0.838. The summed E-state index contributed by atoms with van der Waals surface area (Å²) in [6.45, 7) is -2.92. The van der Waals surface area contributed by atoms with Crippen molar-refractivity contribution in [3.05, 3.63) is 0 Å². The third-order valence-electron chi connectivity index (χ3n) is 0. The molecule has 0 aromatic carbocycles. The Morgan fingerprint density at radius 3 is 0.500 bits per heavy atom. The summed E-state index contributed by atoms with van der Waals surface area (Å²) >= 11 is 0. The first-order chi connectivity index (χ1) is 6.93. The van der Waals surface area contributed by atoms with Gasteiger partial charge in [0.25, 0.3) is 0 Å². The Kier molecular flexibility index (Phi) is 34.1. The Balaban J connectivity index is -0.0000000600. The van der Waals surface area contributed by atoms with Crippen molar-refractivity contribution in [2.24, 2.45) is 0 Å². The third kappa shape index (κ3) is 3350. The molecule has 0 N–H and O–H groups in total. The maximum atomic E-state index is 8.42. The van der Waals surface area contributed by atoms with Crippen molar-refractivity contribution in [2.45, 2.75) is 6.48 Å². The van der Waals surface area contributed by atoms with Gasteiger partial charge in [0, 0.05) is 0 Å². The molecule has 16 heavy (non-hydrogen) atoms. The molecule has 0 radical (unpaired) electrons. The first-order valence-corrected chi connectivity index (χ1v) is 11.7. The summed E-state index contributed by atoms with van der Waals surface area (Å²) in [4.78, 5) is 0. The van der Waals surface area contributed by atoms with Crippen LogP contribution in [0.2, 0.25) is 0 Å². The smallest absolute Gasteiger partial charge is 0.0969 e. The van der Waals surface area contributed by atoms with E-state index in [-0.39, 0.29) is 0 Å². The molecule has 0 heterocycles. The summed E-state index contributed by atoms with van der Waals surface area (Å²) in [5.74, 6) is 0. The van der Waals surface area contributed by atoms with E-state index in [1.165, 1.54) is 0 Å². The molecule has 0 bridgehead atoms. The van der Waals surface area contributed by atoms with E-state index >= 15 is 0 Å². The highest BCUT2D eigenvalue weighted by molar-refractivity contribution is 7.95. The van der Waals surface area contributed by atoms with Crippen molar-refractivity contribution in [3.63, 3.8) is 0 Å². The van der Waals surface area contributed by atoms with Gasteiger partial charge in [-0.15, -0.1) is 0 Å². The predicted octanol–water partition coefficient (Wildman–Crippen LogP) is -2.17. The van der Waals surface area contributed by atoms with Crippen molar-refractivity contribution in [1.82, 2.24) is 0 Å². The van der Waals surface area contributed by atoms with Gasteiger partial charge in [0.1, 0.15) is 0 Å². The van der Waals surface area contributed by atoms with Crippen LogP contribution in [0.3, 0.4) is 0 Å². The zero-order chi connectivity index (χ0) is 14.3. The van der Waals surface area contributed by atoms with Crippen molar-refractivity contribution < 1.29 is 15.3 Å². The molecule has 3 nitrogen and oxygen atoms in total. The first kappa shape index (κ1) is 25.7. The highest BCUT2D eigenvalue weighted by Gasteiger charge is 1.78. The van der Waals surface area contributed by atoms with Gasteiger partial charge in [-0.05, 0) is 32.7 Å². The molecule has 0 amide bonds. The summed E-state index contributed by atoms with van der Waals surface area (Å²) in [5.41, 5.74) is 0. The SMILES string of the molecule is C[S+](C)C.C[S+](C)C.C[S+](C)C.[O-]C([O-])[O-]. The highest BCUT2D eigenvalue weighted by atomic mass is 32.2. The van der Waals surface area contributed by atoms with Crippen LogP contribution in [0.15, 0.2) is 0 Å². The Morgan fingerprint density at radius 1 is 0.500 bits per heavy atom. The summed E-state index contributed by atoms with van der Waals surface area (Å²) in [7, 11) is 1.92. The lowest BCUT2D eigenvalue weighted by Gasteiger charge is -2.36. The predicted molar refractivity (Wildman–Crippen MR) is 79.2 cm³/mol. The quantitative estimate of drug-likeness (QED) is 0.377. The van der Waals surface area contributed by atoms with Crippen LogP contribution in [0, 0.1) is 0 Å². The van der Waals surface area contributed by atoms with E-state index in [2.05, 4.69) is 56.3 Å². The van der Waals surface area contributed by atoms with Crippen LogP contribution in [0.1, 0.15) is 0 Å². The molecule has 0 unspecified atom stereocenters. The maximum Gasteiger partial charge on any atom is 0.0969 e. The molecule has 0 saturated carbocycles. The van der Waals surface area contributed by atoms with E-state index in [0.717, 1.165) is 0 Å². The van der Waals surface area contributed by atoms with Gasteiger partial charge in [-0.2, -0.15) is 0 Å². The molecule has 0 spiro atoms. The summed E-state index contributed by atoms with van der Waals surface area (Å²) in [5, 5.41) is 25.2. The average molecular weight is 293 g/mol. The lowest BCUT2D eigenvalue weighted by Crippen LogP contribution is -2.50.